The van der Waals surface area contributed by atoms with Crippen LogP contribution in [0.25, 0.3) is 0 Å². The lowest BCUT2D eigenvalue weighted by Crippen LogP contribution is -2.13. The first-order chi connectivity index (χ1) is 16.5. The van der Waals surface area contributed by atoms with Gasteiger partial charge in [0.25, 0.3) is 5.91 Å². The maximum absolute atomic E-state index is 12.9. The average molecular weight is 582 g/mol. The van der Waals surface area contributed by atoms with Crippen LogP contribution in [0, 0.1) is 0 Å². The van der Waals surface area contributed by atoms with Crippen LogP contribution in [-0.4, -0.2) is 46.7 Å². The third-order valence-corrected chi connectivity index (χ3v) is 8.52. The van der Waals surface area contributed by atoms with Gasteiger partial charge in [0.2, 0.25) is 0 Å². The number of aromatic nitrogens is 2. The van der Waals surface area contributed by atoms with Crippen molar-refractivity contribution >= 4 is 54.1 Å². The molecule has 0 saturated heterocycles. The molecule has 35 heavy (non-hydrogen) atoms. The first-order valence-corrected chi connectivity index (χ1v) is 13.6. The topological polar surface area (TPSA) is 145 Å². The van der Waals surface area contributed by atoms with E-state index in [1.54, 1.807) is 6.07 Å². The number of carboxylic acid groups (broad SMARTS) is 1. The summed E-state index contributed by atoms with van der Waals surface area (Å²) in [5.41, 5.74) is -0.0203. The van der Waals surface area contributed by atoms with Crippen LogP contribution in [0.4, 0.5) is 5.13 Å². The Kier molecular flexibility index (Phi) is 7.10. The predicted octanol–water partition coefficient (Wildman–Crippen LogP) is 4.77. The van der Waals surface area contributed by atoms with Crippen LogP contribution in [-0.2, 0) is 9.84 Å². The van der Waals surface area contributed by atoms with Crippen molar-refractivity contribution in [3.8, 4) is 17.2 Å². The number of anilines is 1. The van der Waals surface area contributed by atoms with Gasteiger partial charge in [-0.2, -0.15) is 0 Å². The van der Waals surface area contributed by atoms with Gasteiger partial charge in [0.05, 0.1) is 17.6 Å². The van der Waals surface area contributed by atoms with Crippen LogP contribution >= 0.6 is 27.3 Å². The van der Waals surface area contributed by atoms with E-state index in [-0.39, 0.29) is 48.1 Å². The quantitative estimate of drug-likeness (QED) is 0.365. The second-order valence-corrected chi connectivity index (χ2v) is 12.4. The van der Waals surface area contributed by atoms with E-state index in [2.05, 4.69) is 31.2 Å². The molecule has 2 N–H and O–H groups in total. The SMILES string of the molecule is CC(C)Oc1cc(Oc2ccc(S(=O)(=O)C3CC3)nc2)cc(C(=O)Nc2nc(C(=O)O)c(Br)s2)c1. The molecule has 0 unspecified atom stereocenters. The average Bonchev–Trinajstić information content (AvgIpc) is 3.57. The van der Waals surface area contributed by atoms with Crippen molar-refractivity contribution in [3.05, 3.63) is 51.6 Å². The summed E-state index contributed by atoms with van der Waals surface area (Å²) in [4.78, 5) is 32.0. The van der Waals surface area contributed by atoms with Crippen molar-refractivity contribution in [2.24, 2.45) is 0 Å². The van der Waals surface area contributed by atoms with E-state index in [1.807, 2.05) is 13.8 Å². The maximum Gasteiger partial charge on any atom is 0.356 e. The standard InChI is InChI=1S/C22H20BrN3O7S2/c1-11(2)32-14-7-12(20(27)26-22-25-18(21(28)29)19(23)34-22)8-15(9-14)33-13-3-6-17(24-10-13)35(30,31)16-4-5-16/h3,6-11,16H,4-5H2,1-2H3,(H,28,29)(H,25,26,27). The third-order valence-electron chi connectivity index (χ3n) is 4.72. The van der Waals surface area contributed by atoms with Crippen LogP contribution in [0.5, 0.6) is 17.2 Å². The number of rotatable bonds is 9. The van der Waals surface area contributed by atoms with Gasteiger partial charge < -0.3 is 14.6 Å². The monoisotopic (exact) mass is 581 g/mol. The summed E-state index contributed by atoms with van der Waals surface area (Å²) in [6.07, 6.45) is 2.42. The summed E-state index contributed by atoms with van der Waals surface area (Å²) in [7, 11) is -3.41. The van der Waals surface area contributed by atoms with Crippen LogP contribution in [0.2, 0.25) is 0 Å². The minimum atomic E-state index is -3.41. The van der Waals surface area contributed by atoms with E-state index >= 15 is 0 Å². The van der Waals surface area contributed by atoms with Gasteiger partial charge in [-0.3, -0.25) is 10.1 Å². The number of carbonyl (C=O) groups is 2. The number of halogens is 1. The first kappa shape index (κ1) is 25.1. The Morgan fingerprint density at radius 1 is 1.17 bits per heavy atom. The van der Waals surface area contributed by atoms with E-state index < -0.39 is 21.7 Å². The first-order valence-electron chi connectivity index (χ1n) is 10.4. The van der Waals surface area contributed by atoms with Crippen molar-refractivity contribution in [1.29, 1.82) is 0 Å². The molecule has 1 aliphatic rings. The van der Waals surface area contributed by atoms with Gasteiger partial charge in [0, 0.05) is 11.6 Å². The molecule has 1 fully saturated rings. The van der Waals surface area contributed by atoms with Crippen molar-refractivity contribution < 1.29 is 32.6 Å². The van der Waals surface area contributed by atoms with Gasteiger partial charge in [0.1, 0.15) is 21.0 Å². The molecule has 0 aliphatic heterocycles. The van der Waals surface area contributed by atoms with E-state index in [4.69, 9.17) is 14.6 Å². The Balaban J connectivity index is 1.57. The summed E-state index contributed by atoms with van der Waals surface area (Å²) in [5, 5.41) is 11.5. The zero-order chi connectivity index (χ0) is 25.3. The van der Waals surface area contributed by atoms with Crippen LogP contribution < -0.4 is 14.8 Å². The summed E-state index contributed by atoms with van der Waals surface area (Å²) < 4.78 is 36.5. The minimum Gasteiger partial charge on any atom is -0.491 e. The molecule has 0 atom stereocenters. The molecule has 1 aliphatic carbocycles. The fourth-order valence-corrected chi connectivity index (χ4v) is 5.99. The number of ether oxygens (including phenoxy) is 2. The number of benzene rings is 1. The Hall–Kier alpha value is -3.03. The number of hydrogen-bond acceptors (Lipinski definition) is 9. The van der Waals surface area contributed by atoms with Gasteiger partial charge in [-0.1, -0.05) is 11.3 Å². The second-order valence-electron chi connectivity index (χ2n) is 7.94. The van der Waals surface area contributed by atoms with Gasteiger partial charge in [-0.05, 0) is 66.9 Å². The molecule has 0 bridgehead atoms. The smallest absolute Gasteiger partial charge is 0.356 e. The highest BCUT2D eigenvalue weighted by Crippen LogP contribution is 2.34. The fourth-order valence-electron chi connectivity index (χ4n) is 3.04. The van der Waals surface area contributed by atoms with Crippen LogP contribution in [0.1, 0.15) is 47.5 Å². The lowest BCUT2D eigenvalue weighted by atomic mass is 10.2. The molecular formula is C22H20BrN3O7S2. The van der Waals surface area contributed by atoms with Crippen LogP contribution in [0.15, 0.2) is 45.3 Å². The second kappa shape index (κ2) is 9.91. The maximum atomic E-state index is 12.9. The van der Waals surface area contributed by atoms with Gasteiger partial charge in [0.15, 0.2) is 25.7 Å². The van der Waals surface area contributed by atoms with Crippen molar-refractivity contribution in [2.75, 3.05) is 5.32 Å². The molecule has 1 saturated carbocycles. The number of hydrogen-bond donors (Lipinski definition) is 2. The minimum absolute atomic E-state index is 0.000326. The largest absolute Gasteiger partial charge is 0.491 e. The van der Waals surface area contributed by atoms with Crippen molar-refractivity contribution in [1.82, 2.24) is 9.97 Å². The van der Waals surface area contributed by atoms with E-state index in [0.29, 0.717) is 18.6 Å². The highest BCUT2D eigenvalue weighted by Gasteiger charge is 2.37. The molecule has 1 aromatic carbocycles. The number of nitrogens with one attached hydrogen (secondary N) is 1. The third kappa shape index (κ3) is 5.97. The molecule has 4 rings (SSSR count). The summed E-state index contributed by atoms with van der Waals surface area (Å²) in [6.45, 7) is 3.66. The highest BCUT2D eigenvalue weighted by atomic mass is 79.9. The normalized spacial score (nSPS) is 13.5. The highest BCUT2D eigenvalue weighted by molar-refractivity contribution is 9.11. The number of carboxylic acids is 1. The number of sulfone groups is 1. The molecular weight excluding hydrogens is 562 g/mol. The van der Waals surface area contributed by atoms with E-state index in [0.717, 1.165) is 11.3 Å². The fraction of sp³-hybridized carbons (Fsp3) is 0.273. The Morgan fingerprint density at radius 3 is 2.46 bits per heavy atom. The number of pyridine rings is 1. The van der Waals surface area contributed by atoms with E-state index in [1.165, 1.54) is 30.5 Å². The van der Waals surface area contributed by atoms with E-state index in [9.17, 15) is 18.0 Å². The summed E-state index contributed by atoms with van der Waals surface area (Å²) in [5.74, 6) is -0.857. The molecule has 0 radical (unpaired) electrons. The number of nitrogens with zero attached hydrogens (tertiary/aromatic N) is 2. The number of carbonyl (C=O) groups excluding carboxylic acids is 1. The molecule has 1 amide bonds. The number of thiazole rings is 1. The predicted molar refractivity (Wildman–Crippen MR) is 131 cm³/mol. The zero-order valence-corrected chi connectivity index (χ0v) is 21.7. The van der Waals surface area contributed by atoms with Gasteiger partial charge in [-0.15, -0.1) is 0 Å². The summed E-state index contributed by atoms with van der Waals surface area (Å²) in [6, 6.07) is 7.47. The number of aromatic carboxylic acids is 1. The molecule has 2 aromatic heterocycles. The molecule has 3 aromatic rings. The Bertz CT molecular complexity index is 1380. The van der Waals surface area contributed by atoms with Crippen molar-refractivity contribution in [3.63, 3.8) is 0 Å². The molecule has 0 spiro atoms. The summed E-state index contributed by atoms with van der Waals surface area (Å²) >= 11 is 4.09. The lowest BCUT2D eigenvalue weighted by Gasteiger charge is -2.14. The lowest BCUT2D eigenvalue weighted by molar-refractivity contribution is 0.0690. The molecule has 13 heteroatoms. The van der Waals surface area contributed by atoms with Crippen LogP contribution in [0.3, 0.4) is 0 Å². The Morgan fingerprint density at radius 2 is 1.89 bits per heavy atom. The molecule has 2 heterocycles. The molecule has 184 valence electrons. The Labute approximate surface area is 213 Å². The zero-order valence-electron chi connectivity index (χ0n) is 18.5. The van der Waals surface area contributed by atoms with Crippen molar-refractivity contribution in [2.45, 2.75) is 43.1 Å². The molecule has 10 nitrogen and oxygen atoms in total. The van der Waals surface area contributed by atoms with Gasteiger partial charge >= 0.3 is 5.97 Å². The van der Waals surface area contributed by atoms with Gasteiger partial charge in [-0.25, -0.2) is 23.2 Å². The number of amides is 1.